The Kier molecular flexibility index (Phi) is 3.33. The number of carbonyl (C=O) groups is 1. The Hall–Kier alpha value is -1.56. The van der Waals surface area contributed by atoms with E-state index >= 15 is 0 Å². The molecule has 0 fully saturated rings. The van der Waals surface area contributed by atoms with Gasteiger partial charge in [-0.15, -0.1) is 0 Å². The zero-order valence-corrected chi connectivity index (χ0v) is 11.0. The fourth-order valence-electron chi connectivity index (χ4n) is 1.57. The van der Waals surface area contributed by atoms with Gasteiger partial charge in [-0.2, -0.15) is 5.10 Å². The number of hydrogen-bond acceptors (Lipinski definition) is 4. The van der Waals surface area contributed by atoms with E-state index in [9.17, 15) is 4.79 Å². The van der Waals surface area contributed by atoms with Crippen molar-refractivity contribution >= 4 is 21.7 Å². The van der Waals surface area contributed by atoms with Crippen molar-refractivity contribution in [2.45, 2.75) is 13.5 Å². The van der Waals surface area contributed by atoms with Crippen LogP contribution in [0.5, 0.6) is 5.75 Å². The highest BCUT2D eigenvalue weighted by Gasteiger charge is 2.23. The minimum atomic E-state index is -0.179. The fraction of sp³-hybridized carbons (Fsp3) is 0.273. The zero-order valence-electron chi connectivity index (χ0n) is 9.44. The first-order chi connectivity index (χ1) is 8.19. The maximum atomic E-state index is 12.3. The lowest BCUT2D eigenvalue weighted by molar-refractivity contribution is 0.102. The van der Waals surface area contributed by atoms with Crippen molar-refractivity contribution in [3.05, 3.63) is 34.5 Å². The molecule has 2 aromatic heterocycles. The summed E-state index contributed by atoms with van der Waals surface area (Å²) in [6.45, 7) is 2.51. The Bertz CT molecular complexity index is 523. The van der Waals surface area contributed by atoms with E-state index in [2.05, 4.69) is 21.0 Å². The molecule has 0 aliphatic rings. The Morgan fingerprint density at radius 1 is 1.65 bits per heavy atom. The third-order valence-corrected chi connectivity index (χ3v) is 3.02. The van der Waals surface area contributed by atoms with Crippen LogP contribution in [0.25, 0.3) is 0 Å². The van der Waals surface area contributed by atoms with Crippen LogP contribution < -0.4 is 4.74 Å². The van der Waals surface area contributed by atoms with Gasteiger partial charge in [0.2, 0.25) is 5.78 Å². The van der Waals surface area contributed by atoms with E-state index in [1.807, 2.05) is 6.92 Å². The summed E-state index contributed by atoms with van der Waals surface area (Å²) in [7, 11) is 1.51. The lowest BCUT2D eigenvalue weighted by Gasteiger charge is -2.05. The molecule has 0 unspecified atom stereocenters. The van der Waals surface area contributed by atoms with Gasteiger partial charge in [0, 0.05) is 6.54 Å². The lowest BCUT2D eigenvalue weighted by Crippen LogP contribution is -2.11. The molecule has 0 N–H and O–H groups in total. The van der Waals surface area contributed by atoms with Gasteiger partial charge >= 0.3 is 0 Å². The summed E-state index contributed by atoms with van der Waals surface area (Å²) < 4.78 is 12.2. The number of ketones is 1. The predicted molar refractivity (Wildman–Crippen MR) is 64.3 cm³/mol. The maximum absolute atomic E-state index is 12.3. The third-order valence-electron chi connectivity index (χ3n) is 2.40. The molecule has 0 spiro atoms. The summed E-state index contributed by atoms with van der Waals surface area (Å²) in [5, 5.41) is 4.09. The zero-order chi connectivity index (χ0) is 12.4. The van der Waals surface area contributed by atoms with Crippen molar-refractivity contribution in [3.8, 4) is 5.75 Å². The van der Waals surface area contributed by atoms with E-state index < -0.39 is 0 Å². The van der Waals surface area contributed by atoms with Gasteiger partial charge in [-0.1, -0.05) is 0 Å². The second kappa shape index (κ2) is 4.75. The summed E-state index contributed by atoms with van der Waals surface area (Å²) in [5.41, 5.74) is 0.885. The van der Waals surface area contributed by atoms with Crippen molar-refractivity contribution < 1.29 is 13.9 Å². The van der Waals surface area contributed by atoms with Gasteiger partial charge in [-0.25, -0.2) is 0 Å². The molecule has 0 aliphatic carbocycles. The molecule has 2 aromatic rings. The van der Waals surface area contributed by atoms with Gasteiger partial charge < -0.3 is 9.15 Å². The number of hydrogen-bond donors (Lipinski definition) is 0. The molecule has 0 saturated heterocycles. The normalized spacial score (nSPS) is 10.5. The monoisotopic (exact) mass is 298 g/mol. The number of methoxy groups -OCH3 is 1. The molecule has 2 rings (SSSR count). The fourth-order valence-corrected chi connectivity index (χ4v) is 1.99. The summed E-state index contributed by atoms with van der Waals surface area (Å²) in [4.78, 5) is 12.3. The molecule has 0 saturated carbocycles. The highest BCUT2D eigenvalue weighted by Crippen LogP contribution is 2.26. The Balaban J connectivity index is 2.50. The van der Waals surface area contributed by atoms with Crippen LogP contribution in [0.2, 0.25) is 0 Å². The van der Waals surface area contributed by atoms with Crippen LogP contribution >= 0.6 is 15.9 Å². The molecular formula is C11H11BrN2O3. The number of rotatable bonds is 4. The molecule has 0 aromatic carbocycles. The quantitative estimate of drug-likeness (QED) is 0.814. The first-order valence-corrected chi connectivity index (χ1v) is 5.85. The van der Waals surface area contributed by atoms with Gasteiger partial charge in [0.25, 0.3) is 0 Å². The van der Waals surface area contributed by atoms with Crippen LogP contribution in [0.15, 0.2) is 27.6 Å². The standard InChI is InChI=1S/C11H11BrN2O3/c1-3-14-9(8(16-2)6-13-14)10(15)7-4-5-17-11(7)12/h4-6H,3H2,1-2H3. The molecule has 0 atom stereocenters. The summed E-state index contributed by atoms with van der Waals surface area (Å²) in [6, 6.07) is 1.61. The molecule has 6 heteroatoms. The Labute approximate surface area is 106 Å². The van der Waals surface area contributed by atoms with Gasteiger partial charge in [0.05, 0.1) is 25.1 Å². The Morgan fingerprint density at radius 3 is 2.94 bits per heavy atom. The molecule has 0 radical (unpaired) electrons. The van der Waals surface area contributed by atoms with Crippen LogP contribution in [-0.4, -0.2) is 22.7 Å². The lowest BCUT2D eigenvalue weighted by atomic mass is 10.1. The third kappa shape index (κ3) is 2.00. The molecule has 5 nitrogen and oxygen atoms in total. The molecule has 0 bridgehead atoms. The van der Waals surface area contributed by atoms with Crippen molar-refractivity contribution in [2.75, 3.05) is 7.11 Å². The highest BCUT2D eigenvalue weighted by atomic mass is 79.9. The number of furan rings is 1. The number of nitrogens with zero attached hydrogens (tertiary/aromatic N) is 2. The summed E-state index contributed by atoms with van der Waals surface area (Å²) in [6.07, 6.45) is 2.99. The van der Waals surface area contributed by atoms with Crippen LogP contribution in [0, 0.1) is 0 Å². The predicted octanol–water partition coefficient (Wildman–Crippen LogP) is 2.50. The highest BCUT2D eigenvalue weighted by molar-refractivity contribution is 9.10. The molecule has 90 valence electrons. The molecule has 17 heavy (non-hydrogen) atoms. The number of aryl methyl sites for hydroxylation is 1. The summed E-state index contributed by atoms with van der Waals surface area (Å²) >= 11 is 3.19. The van der Waals surface area contributed by atoms with Crippen LogP contribution in [0.1, 0.15) is 23.0 Å². The van der Waals surface area contributed by atoms with E-state index in [1.165, 1.54) is 19.6 Å². The van der Waals surface area contributed by atoms with E-state index in [4.69, 9.17) is 9.15 Å². The minimum Gasteiger partial charge on any atom is -0.493 e. The number of ether oxygens (including phenoxy) is 1. The van der Waals surface area contributed by atoms with Crippen LogP contribution in [0.3, 0.4) is 0 Å². The van der Waals surface area contributed by atoms with Gasteiger partial charge in [-0.3, -0.25) is 9.48 Å². The van der Waals surface area contributed by atoms with E-state index in [0.29, 0.717) is 28.2 Å². The van der Waals surface area contributed by atoms with Crippen LogP contribution in [-0.2, 0) is 6.54 Å². The van der Waals surface area contributed by atoms with E-state index in [0.717, 1.165) is 0 Å². The minimum absolute atomic E-state index is 0.179. The molecular weight excluding hydrogens is 288 g/mol. The SMILES string of the molecule is CCn1ncc(OC)c1C(=O)c1ccoc1Br. The smallest absolute Gasteiger partial charge is 0.219 e. The van der Waals surface area contributed by atoms with Gasteiger partial charge in [0.1, 0.15) is 0 Å². The van der Waals surface area contributed by atoms with Crippen molar-refractivity contribution in [2.24, 2.45) is 0 Å². The largest absolute Gasteiger partial charge is 0.493 e. The average Bonchev–Trinajstić information content (AvgIpc) is 2.93. The van der Waals surface area contributed by atoms with Crippen molar-refractivity contribution in [1.29, 1.82) is 0 Å². The Morgan fingerprint density at radius 2 is 2.41 bits per heavy atom. The van der Waals surface area contributed by atoms with Crippen molar-refractivity contribution in [3.63, 3.8) is 0 Å². The second-order valence-corrected chi connectivity index (χ2v) is 4.03. The van der Waals surface area contributed by atoms with Gasteiger partial charge in [-0.05, 0) is 28.9 Å². The first kappa shape index (κ1) is 11.9. The second-order valence-electron chi connectivity index (χ2n) is 3.31. The van der Waals surface area contributed by atoms with Gasteiger partial charge in [0.15, 0.2) is 16.1 Å². The van der Waals surface area contributed by atoms with Crippen LogP contribution in [0.4, 0.5) is 0 Å². The number of aromatic nitrogens is 2. The number of carbonyl (C=O) groups excluding carboxylic acids is 1. The first-order valence-electron chi connectivity index (χ1n) is 5.06. The van der Waals surface area contributed by atoms with Crippen molar-refractivity contribution in [1.82, 2.24) is 9.78 Å². The maximum Gasteiger partial charge on any atom is 0.219 e. The molecule has 0 aliphatic heterocycles. The number of halogens is 1. The topological polar surface area (TPSA) is 57.3 Å². The van der Waals surface area contributed by atoms with E-state index in [1.54, 1.807) is 10.7 Å². The summed E-state index contributed by atoms with van der Waals surface area (Å²) in [5.74, 6) is 0.284. The molecule has 2 heterocycles. The molecule has 0 amide bonds. The average molecular weight is 299 g/mol. The van der Waals surface area contributed by atoms with E-state index in [-0.39, 0.29) is 5.78 Å².